The Balaban J connectivity index is 1.28. The third-order valence-electron chi connectivity index (χ3n) is 9.76. The van der Waals surface area contributed by atoms with Gasteiger partial charge in [-0.3, -0.25) is 9.69 Å². The number of carboxylic acids is 1. The Kier molecular flexibility index (Phi) is 6.58. The summed E-state index contributed by atoms with van der Waals surface area (Å²) in [6.07, 6.45) is 7.62. The highest BCUT2D eigenvalue weighted by Crippen LogP contribution is 2.57. The molecule has 1 amide bonds. The number of likely N-dealkylation sites (tertiary alicyclic amines) is 1. The SMILES string of the molecule is COc1cc(C)c2[nH]ccc2c1CN1CCC2(CC(C#N)C2)C[C@H]1c1ccc(C(=O)NC2(C(=O)O)CCC2)cc1. The maximum Gasteiger partial charge on any atom is 0.329 e. The summed E-state index contributed by atoms with van der Waals surface area (Å²) in [5.41, 5.74) is 4.06. The van der Waals surface area contributed by atoms with Gasteiger partial charge in [0.05, 0.1) is 13.2 Å². The number of carbonyl (C=O) groups is 2. The number of aromatic amines is 1. The molecule has 2 saturated carbocycles. The van der Waals surface area contributed by atoms with Gasteiger partial charge in [0, 0.05) is 46.7 Å². The highest BCUT2D eigenvalue weighted by atomic mass is 16.5. The van der Waals surface area contributed by atoms with Gasteiger partial charge < -0.3 is 20.1 Å². The first-order valence-electron chi connectivity index (χ1n) is 14.2. The number of nitriles is 1. The molecule has 2 aliphatic carbocycles. The Morgan fingerprint density at radius 2 is 1.93 bits per heavy atom. The molecule has 2 aromatic carbocycles. The molecule has 2 heterocycles. The number of hydrogen-bond donors (Lipinski definition) is 3. The predicted octanol–water partition coefficient (Wildman–Crippen LogP) is 5.48. The van der Waals surface area contributed by atoms with Crippen molar-refractivity contribution in [3.05, 3.63) is 64.8 Å². The van der Waals surface area contributed by atoms with Crippen molar-refractivity contribution in [3.8, 4) is 11.8 Å². The quantitative estimate of drug-likeness (QED) is 0.365. The number of rotatable bonds is 7. The second kappa shape index (κ2) is 9.97. The zero-order valence-corrected chi connectivity index (χ0v) is 23.1. The van der Waals surface area contributed by atoms with Crippen LogP contribution in [0.1, 0.15) is 78.0 Å². The van der Waals surface area contributed by atoms with E-state index in [2.05, 4.69) is 40.3 Å². The fraction of sp³-hybridized carbons (Fsp3) is 0.469. The van der Waals surface area contributed by atoms with Gasteiger partial charge in [-0.15, -0.1) is 0 Å². The van der Waals surface area contributed by atoms with Gasteiger partial charge in [0.1, 0.15) is 11.3 Å². The van der Waals surface area contributed by atoms with Crippen molar-refractivity contribution in [3.63, 3.8) is 0 Å². The minimum absolute atomic E-state index is 0.127. The van der Waals surface area contributed by atoms with Gasteiger partial charge in [0.25, 0.3) is 5.91 Å². The molecule has 0 unspecified atom stereocenters. The summed E-state index contributed by atoms with van der Waals surface area (Å²) < 4.78 is 5.84. The summed E-state index contributed by atoms with van der Waals surface area (Å²) in [5, 5.41) is 23.0. The van der Waals surface area contributed by atoms with Crippen LogP contribution in [0.3, 0.4) is 0 Å². The number of piperidine rings is 1. The number of benzene rings is 2. The van der Waals surface area contributed by atoms with E-state index in [1.165, 1.54) is 5.39 Å². The number of nitrogens with one attached hydrogen (secondary N) is 2. The molecular weight excluding hydrogens is 504 g/mol. The van der Waals surface area contributed by atoms with Crippen LogP contribution in [0.2, 0.25) is 0 Å². The Morgan fingerprint density at radius 1 is 1.18 bits per heavy atom. The first-order valence-corrected chi connectivity index (χ1v) is 14.2. The van der Waals surface area contributed by atoms with E-state index in [-0.39, 0.29) is 23.3 Å². The molecule has 6 rings (SSSR count). The standard InChI is InChI=1S/C32H36N4O4/c1-20-14-27(40-2)25(24-8-12-34-28(20)24)19-36-13-11-31(15-21(16-31)18-33)17-26(36)22-4-6-23(7-5-22)29(37)35-32(30(38)39)9-3-10-32/h4-8,12,14,21,26,34H,3,9-11,13,15-17,19H2,1-2H3,(H,35,37)(H,38,39)/t21?,26-,31?/m0/s1. The van der Waals surface area contributed by atoms with Gasteiger partial charge in [-0.05, 0) is 99.2 Å². The lowest BCUT2D eigenvalue weighted by atomic mass is 9.56. The van der Waals surface area contributed by atoms with Crippen molar-refractivity contribution in [2.75, 3.05) is 13.7 Å². The normalized spacial score (nSPS) is 25.5. The van der Waals surface area contributed by atoms with Crippen LogP contribution in [0, 0.1) is 29.6 Å². The molecule has 3 aliphatic rings. The average Bonchev–Trinajstić information content (AvgIpc) is 3.41. The zero-order valence-electron chi connectivity index (χ0n) is 23.1. The third-order valence-corrected chi connectivity index (χ3v) is 9.76. The van der Waals surface area contributed by atoms with Crippen molar-refractivity contribution in [1.82, 2.24) is 15.2 Å². The van der Waals surface area contributed by atoms with Crippen molar-refractivity contribution in [2.45, 2.75) is 70.0 Å². The lowest BCUT2D eigenvalue weighted by molar-refractivity contribution is -0.148. The molecule has 40 heavy (non-hydrogen) atoms. The lowest BCUT2D eigenvalue weighted by Crippen LogP contribution is -2.59. The van der Waals surface area contributed by atoms with Gasteiger partial charge in [-0.25, -0.2) is 4.79 Å². The molecule has 0 radical (unpaired) electrons. The fourth-order valence-corrected chi connectivity index (χ4v) is 7.20. The van der Waals surface area contributed by atoms with Crippen molar-refractivity contribution in [2.24, 2.45) is 11.3 Å². The van der Waals surface area contributed by atoms with Crippen LogP contribution in [0.5, 0.6) is 5.75 Å². The molecule has 1 saturated heterocycles. The highest BCUT2D eigenvalue weighted by Gasteiger charge is 2.49. The van der Waals surface area contributed by atoms with Crippen LogP contribution in [0.25, 0.3) is 10.9 Å². The second-order valence-electron chi connectivity index (χ2n) is 12.1. The number of aromatic nitrogens is 1. The Labute approximate surface area is 234 Å². The predicted molar refractivity (Wildman–Crippen MR) is 151 cm³/mol. The molecule has 8 nitrogen and oxygen atoms in total. The van der Waals surface area contributed by atoms with E-state index >= 15 is 0 Å². The van der Waals surface area contributed by atoms with Crippen molar-refractivity contribution >= 4 is 22.8 Å². The molecule has 208 valence electrons. The summed E-state index contributed by atoms with van der Waals surface area (Å²) in [6.45, 7) is 3.72. The average molecular weight is 541 g/mol. The maximum absolute atomic E-state index is 12.9. The third kappa shape index (κ3) is 4.43. The molecule has 1 aromatic heterocycles. The maximum atomic E-state index is 12.9. The van der Waals surface area contributed by atoms with Gasteiger partial charge in [-0.2, -0.15) is 5.26 Å². The largest absolute Gasteiger partial charge is 0.496 e. The van der Waals surface area contributed by atoms with E-state index < -0.39 is 11.5 Å². The van der Waals surface area contributed by atoms with Crippen molar-refractivity contribution < 1.29 is 19.4 Å². The molecule has 1 atom stereocenters. The molecule has 0 bridgehead atoms. The number of carboxylic acid groups (broad SMARTS) is 1. The number of carbonyl (C=O) groups excluding carboxylic acids is 1. The number of amides is 1. The topological polar surface area (TPSA) is 118 Å². The van der Waals surface area contributed by atoms with Crippen LogP contribution in [0.4, 0.5) is 0 Å². The zero-order chi connectivity index (χ0) is 28.1. The molecule has 3 fully saturated rings. The molecule has 8 heteroatoms. The van der Waals surface area contributed by atoms with E-state index in [9.17, 15) is 20.0 Å². The molecule has 1 spiro atoms. The van der Waals surface area contributed by atoms with Crippen LogP contribution >= 0.6 is 0 Å². The lowest BCUT2D eigenvalue weighted by Gasteiger charge is -2.53. The van der Waals surface area contributed by atoms with Crippen molar-refractivity contribution in [1.29, 1.82) is 5.26 Å². The molecule has 3 aromatic rings. The number of fused-ring (bicyclic) bond motifs is 1. The summed E-state index contributed by atoms with van der Waals surface area (Å²) >= 11 is 0. The summed E-state index contributed by atoms with van der Waals surface area (Å²) in [4.78, 5) is 30.6. The monoisotopic (exact) mass is 540 g/mol. The van der Waals surface area contributed by atoms with Gasteiger partial charge in [0.2, 0.25) is 0 Å². The minimum Gasteiger partial charge on any atom is -0.496 e. The second-order valence-corrected chi connectivity index (χ2v) is 12.1. The van der Waals surface area contributed by atoms with Crippen LogP contribution in [-0.4, -0.2) is 46.1 Å². The summed E-state index contributed by atoms with van der Waals surface area (Å²) in [6, 6.07) is 14.4. The Morgan fingerprint density at radius 3 is 2.55 bits per heavy atom. The number of aliphatic carboxylic acids is 1. The van der Waals surface area contributed by atoms with E-state index in [4.69, 9.17) is 4.74 Å². The van der Waals surface area contributed by atoms with Crippen LogP contribution < -0.4 is 10.1 Å². The van der Waals surface area contributed by atoms with E-state index in [0.717, 1.165) is 73.2 Å². The highest BCUT2D eigenvalue weighted by molar-refractivity contribution is 5.98. The molecule has 1 aliphatic heterocycles. The summed E-state index contributed by atoms with van der Waals surface area (Å²) in [7, 11) is 1.72. The molecule has 3 N–H and O–H groups in total. The van der Waals surface area contributed by atoms with Crippen LogP contribution in [0.15, 0.2) is 42.6 Å². The van der Waals surface area contributed by atoms with E-state index in [1.54, 1.807) is 7.11 Å². The first-order chi connectivity index (χ1) is 19.3. The fourth-order valence-electron chi connectivity index (χ4n) is 7.20. The van der Waals surface area contributed by atoms with Gasteiger partial charge in [0.15, 0.2) is 0 Å². The van der Waals surface area contributed by atoms with Gasteiger partial charge >= 0.3 is 5.97 Å². The number of ether oxygens (including phenoxy) is 1. The number of nitrogens with zero attached hydrogens (tertiary/aromatic N) is 2. The Hall–Kier alpha value is -3.83. The minimum atomic E-state index is -1.14. The first kappa shape index (κ1) is 26.4. The van der Waals surface area contributed by atoms with E-state index in [1.807, 2.05) is 30.5 Å². The van der Waals surface area contributed by atoms with Crippen LogP contribution in [-0.2, 0) is 11.3 Å². The number of H-pyrrole nitrogens is 1. The summed E-state index contributed by atoms with van der Waals surface area (Å²) in [5.74, 6) is -0.290. The number of methoxy groups -OCH3 is 1. The number of aryl methyl sites for hydroxylation is 1. The smallest absolute Gasteiger partial charge is 0.329 e. The Bertz CT molecular complexity index is 1490. The van der Waals surface area contributed by atoms with Gasteiger partial charge in [-0.1, -0.05) is 12.1 Å². The molecular formula is C32H36N4O4. The van der Waals surface area contributed by atoms with E-state index in [0.29, 0.717) is 18.4 Å². The number of hydrogen-bond acceptors (Lipinski definition) is 5.